The molecule has 220 valence electrons. The average molecular weight is 585 g/mol. The van der Waals surface area contributed by atoms with Crippen LogP contribution in [0, 0.1) is 13.8 Å². The Hall–Kier alpha value is -5.57. The third kappa shape index (κ3) is 5.47. The van der Waals surface area contributed by atoms with E-state index < -0.39 is 0 Å². The zero-order valence-corrected chi connectivity index (χ0v) is 25.0. The van der Waals surface area contributed by atoms with Crippen LogP contribution in [0.4, 0.5) is 17.3 Å². The van der Waals surface area contributed by atoms with Gasteiger partial charge in [0.15, 0.2) is 11.2 Å². The molecule has 0 saturated carbocycles. The number of fused-ring (bicyclic) bond motifs is 4. The van der Waals surface area contributed by atoms with Gasteiger partial charge in [-0.15, -0.1) is 0 Å². The van der Waals surface area contributed by atoms with E-state index in [-0.39, 0.29) is 11.3 Å². The highest BCUT2D eigenvalue weighted by Crippen LogP contribution is 2.39. The molecule has 9 nitrogen and oxygen atoms in total. The van der Waals surface area contributed by atoms with Crippen LogP contribution in [0.1, 0.15) is 27.2 Å². The van der Waals surface area contributed by atoms with E-state index >= 15 is 0 Å². The Bertz CT molecular complexity index is 2060. The molecule has 1 aliphatic heterocycles. The lowest BCUT2D eigenvalue weighted by Crippen LogP contribution is -2.26. The Morgan fingerprint density at radius 1 is 0.841 bits per heavy atom. The van der Waals surface area contributed by atoms with Crippen LogP contribution in [0.5, 0.6) is 5.75 Å². The van der Waals surface area contributed by atoms with Crippen molar-refractivity contribution in [2.75, 3.05) is 30.5 Å². The SMILES string of the molecule is Cc1cc(C)c2c(n1)N(C)c1ncc(CCOc3ccnc4ccccc34)cc1C(=O)N2C.O=c1cc[nH]c2ccccc12. The van der Waals surface area contributed by atoms with Crippen LogP contribution >= 0.6 is 0 Å². The molecular weight excluding hydrogens is 552 g/mol. The summed E-state index contributed by atoms with van der Waals surface area (Å²) in [6.07, 6.45) is 5.84. The van der Waals surface area contributed by atoms with Crippen molar-refractivity contribution in [3.63, 3.8) is 0 Å². The van der Waals surface area contributed by atoms with Gasteiger partial charge in [0.1, 0.15) is 11.6 Å². The molecule has 7 rings (SSSR count). The summed E-state index contributed by atoms with van der Waals surface area (Å²) in [5.74, 6) is 2.04. The van der Waals surface area contributed by atoms with Gasteiger partial charge in [-0.3, -0.25) is 14.6 Å². The summed E-state index contributed by atoms with van der Waals surface area (Å²) in [4.78, 5) is 44.8. The molecule has 0 saturated heterocycles. The van der Waals surface area contributed by atoms with Crippen molar-refractivity contribution in [2.24, 2.45) is 0 Å². The van der Waals surface area contributed by atoms with Gasteiger partial charge >= 0.3 is 0 Å². The Morgan fingerprint density at radius 2 is 1.61 bits per heavy atom. The van der Waals surface area contributed by atoms with Crippen LogP contribution in [0.25, 0.3) is 21.8 Å². The third-order valence-corrected chi connectivity index (χ3v) is 7.65. The van der Waals surface area contributed by atoms with Gasteiger partial charge in [0.2, 0.25) is 0 Å². The molecule has 9 heteroatoms. The number of aryl methyl sites for hydroxylation is 2. The van der Waals surface area contributed by atoms with E-state index in [0.717, 1.165) is 55.9 Å². The number of hydrogen-bond acceptors (Lipinski definition) is 7. The predicted molar refractivity (Wildman–Crippen MR) is 174 cm³/mol. The maximum atomic E-state index is 13.4. The zero-order valence-electron chi connectivity index (χ0n) is 25.0. The van der Waals surface area contributed by atoms with E-state index in [9.17, 15) is 9.59 Å². The summed E-state index contributed by atoms with van der Waals surface area (Å²) in [5.41, 5.74) is 6.07. The molecule has 5 heterocycles. The van der Waals surface area contributed by atoms with Crippen molar-refractivity contribution in [1.82, 2.24) is 19.9 Å². The molecular formula is C35H32N6O3. The molecule has 0 fully saturated rings. The topological polar surface area (TPSA) is 104 Å². The maximum Gasteiger partial charge on any atom is 0.261 e. The first kappa shape index (κ1) is 28.5. The van der Waals surface area contributed by atoms with Crippen molar-refractivity contribution in [2.45, 2.75) is 20.3 Å². The summed E-state index contributed by atoms with van der Waals surface area (Å²) in [6, 6.07) is 22.7. The highest BCUT2D eigenvalue weighted by Gasteiger charge is 2.31. The van der Waals surface area contributed by atoms with Crippen molar-refractivity contribution >= 4 is 45.0 Å². The number of amides is 1. The number of carbonyl (C=O) groups excluding carboxylic acids is 1. The molecule has 0 bridgehead atoms. The van der Waals surface area contributed by atoms with Gasteiger partial charge in [0, 0.05) is 67.2 Å². The minimum absolute atomic E-state index is 0.0688. The maximum absolute atomic E-state index is 13.4. The number of pyridine rings is 4. The number of anilines is 3. The van der Waals surface area contributed by atoms with Gasteiger partial charge in [0.05, 0.1) is 23.4 Å². The van der Waals surface area contributed by atoms with Crippen LogP contribution in [-0.2, 0) is 6.42 Å². The van der Waals surface area contributed by atoms with Crippen LogP contribution in [0.3, 0.4) is 0 Å². The van der Waals surface area contributed by atoms with Crippen LogP contribution < -0.4 is 20.0 Å². The van der Waals surface area contributed by atoms with E-state index in [1.54, 1.807) is 24.3 Å². The third-order valence-electron chi connectivity index (χ3n) is 7.65. The smallest absolute Gasteiger partial charge is 0.261 e. The fourth-order valence-electron chi connectivity index (χ4n) is 5.50. The predicted octanol–water partition coefficient (Wildman–Crippen LogP) is 6.15. The van der Waals surface area contributed by atoms with Crippen molar-refractivity contribution < 1.29 is 9.53 Å². The highest BCUT2D eigenvalue weighted by molar-refractivity contribution is 6.13. The Labute approximate surface area is 254 Å². The standard InChI is InChI=1S/C26H25N5O2.C9H7NO/c1-16-13-17(2)29-25-23(16)30(3)26(32)20-14-18(15-28-24(20)31(25)4)10-12-33-22-9-11-27-21-8-6-5-7-19(21)22;11-9-5-6-10-8-4-2-1-3-7(8)9/h5-9,11,13-15H,10,12H2,1-4H3;1-6H,(H,10,11). The van der Waals surface area contributed by atoms with E-state index in [1.807, 2.05) is 98.7 Å². The summed E-state index contributed by atoms with van der Waals surface area (Å²) in [7, 11) is 3.69. The number of ether oxygens (including phenoxy) is 1. The number of aromatic nitrogens is 4. The van der Waals surface area contributed by atoms with Gasteiger partial charge in [-0.1, -0.05) is 24.3 Å². The minimum atomic E-state index is -0.0975. The largest absolute Gasteiger partial charge is 0.492 e. The number of nitrogens with zero attached hydrogens (tertiary/aromatic N) is 5. The molecule has 1 N–H and O–H groups in total. The lowest BCUT2D eigenvalue weighted by molar-refractivity contribution is 0.0993. The second kappa shape index (κ2) is 12.0. The molecule has 44 heavy (non-hydrogen) atoms. The first-order chi connectivity index (χ1) is 21.3. The first-order valence-electron chi connectivity index (χ1n) is 14.3. The van der Waals surface area contributed by atoms with Crippen molar-refractivity contribution in [1.29, 1.82) is 0 Å². The zero-order chi connectivity index (χ0) is 30.8. The average Bonchev–Trinajstić information content (AvgIpc) is 3.11. The highest BCUT2D eigenvalue weighted by atomic mass is 16.5. The van der Waals surface area contributed by atoms with Gasteiger partial charge in [-0.25, -0.2) is 9.97 Å². The van der Waals surface area contributed by atoms with Gasteiger partial charge in [0.25, 0.3) is 5.91 Å². The van der Waals surface area contributed by atoms with E-state index in [0.29, 0.717) is 24.4 Å². The fraction of sp³-hybridized carbons (Fsp3) is 0.171. The number of aromatic amines is 1. The quantitative estimate of drug-likeness (QED) is 0.265. The molecule has 2 aromatic carbocycles. The first-order valence-corrected chi connectivity index (χ1v) is 14.3. The number of para-hydroxylation sites is 2. The van der Waals surface area contributed by atoms with E-state index in [1.165, 1.54) is 6.07 Å². The molecule has 6 aromatic rings. The normalized spacial score (nSPS) is 12.3. The summed E-state index contributed by atoms with van der Waals surface area (Å²) in [6.45, 7) is 4.42. The van der Waals surface area contributed by atoms with Crippen LogP contribution in [0.2, 0.25) is 0 Å². The molecule has 1 aliphatic rings. The molecule has 0 spiro atoms. The minimum Gasteiger partial charge on any atom is -0.492 e. The number of benzene rings is 2. The Morgan fingerprint density at radius 3 is 2.43 bits per heavy atom. The summed E-state index contributed by atoms with van der Waals surface area (Å²) >= 11 is 0. The van der Waals surface area contributed by atoms with E-state index in [4.69, 9.17) is 9.72 Å². The van der Waals surface area contributed by atoms with E-state index in [2.05, 4.69) is 15.0 Å². The number of carbonyl (C=O) groups is 1. The lowest BCUT2D eigenvalue weighted by Gasteiger charge is -2.22. The molecule has 4 aromatic heterocycles. The van der Waals surface area contributed by atoms with Gasteiger partial charge in [-0.2, -0.15) is 0 Å². The number of H-pyrrole nitrogens is 1. The molecule has 0 radical (unpaired) electrons. The molecule has 0 unspecified atom stereocenters. The second-order valence-electron chi connectivity index (χ2n) is 10.7. The Kier molecular flexibility index (Phi) is 7.76. The van der Waals surface area contributed by atoms with Gasteiger partial charge in [-0.05, 0) is 67.4 Å². The molecule has 1 amide bonds. The molecule has 0 aliphatic carbocycles. The van der Waals surface area contributed by atoms with Gasteiger partial charge < -0.3 is 19.5 Å². The van der Waals surface area contributed by atoms with Crippen molar-refractivity contribution in [3.8, 4) is 5.75 Å². The number of hydrogen-bond donors (Lipinski definition) is 1. The van der Waals surface area contributed by atoms with Crippen LogP contribution in [0.15, 0.2) is 96.2 Å². The summed E-state index contributed by atoms with van der Waals surface area (Å²) < 4.78 is 6.06. The Balaban J connectivity index is 0.000000261. The number of nitrogens with one attached hydrogen (secondary N) is 1. The number of rotatable bonds is 4. The lowest BCUT2D eigenvalue weighted by atomic mass is 10.1. The second-order valence-corrected chi connectivity index (χ2v) is 10.7. The fourth-order valence-corrected chi connectivity index (χ4v) is 5.50. The van der Waals surface area contributed by atoms with Crippen molar-refractivity contribution in [3.05, 3.63) is 124 Å². The monoisotopic (exact) mass is 584 g/mol. The summed E-state index contributed by atoms with van der Waals surface area (Å²) in [5, 5.41) is 1.73. The van der Waals surface area contributed by atoms with Crippen LogP contribution in [-0.4, -0.2) is 46.5 Å². The molecule has 0 atom stereocenters.